The quantitative estimate of drug-likeness (QED) is 0.636. The minimum atomic E-state index is 0.0411. The Balaban J connectivity index is 2.35. The lowest BCUT2D eigenvalue weighted by molar-refractivity contribution is 0.103. The summed E-state index contributed by atoms with van der Waals surface area (Å²) in [6, 6.07) is 7.37. The van der Waals surface area contributed by atoms with Crippen LogP contribution in [0.5, 0.6) is 0 Å². The zero-order chi connectivity index (χ0) is 11.5. The van der Waals surface area contributed by atoms with E-state index in [1.54, 1.807) is 5.51 Å². The molecule has 0 atom stereocenters. The summed E-state index contributed by atoms with van der Waals surface area (Å²) < 4.78 is 0.971. The number of thioether (sulfide) groups is 1. The van der Waals surface area contributed by atoms with Gasteiger partial charge < -0.3 is 0 Å². The summed E-state index contributed by atoms with van der Waals surface area (Å²) in [6.45, 7) is 0. The van der Waals surface area contributed by atoms with Crippen LogP contribution in [0.4, 0.5) is 0 Å². The first-order valence-corrected chi connectivity index (χ1v) is 7.40. The third-order valence-corrected chi connectivity index (χ3v) is 4.22. The van der Waals surface area contributed by atoms with Gasteiger partial charge in [-0.1, -0.05) is 15.9 Å². The van der Waals surface area contributed by atoms with Crippen molar-refractivity contribution in [2.75, 3.05) is 6.26 Å². The number of benzene rings is 1. The van der Waals surface area contributed by atoms with Crippen molar-refractivity contribution in [3.05, 3.63) is 44.7 Å². The molecule has 0 spiro atoms. The molecule has 0 saturated carbocycles. The monoisotopic (exact) mass is 313 g/mol. The predicted octanol–water partition coefficient (Wildman–Crippen LogP) is 3.86. The summed E-state index contributed by atoms with van der Waals surface area (Å²) in [4.78, 5) is 17.0. The van der Waals surface area contributed by atoms with E-state index in [0.29, 0.717) is 5.56 Å². The van der Waals surface area contributed by atoms with Crippen molar-refractivity contribution in [1.82, 2.24) is 4.98 Å². The van der Waals surface area contributed by atoms with Gasteiger partial charge in [0, 0.05) is 10.0 Å². The summed E-state index contributed by atoms with van der Waals surface area (Å²) in [5.41, 5.74) is 2.40. The van der Waals surface area contributed by atoms with E-state index < -0.39 is 0 Å². The summed E-state index contributed by atoms with van der Waals surface area (Å²) in [5.74, 6) is 0.0411. The van der Waals surface area contributed by atoms with Crippen LogP contribution in [0.3, 0.4) is 0 Å². The summed E-state index contributed by atoms with van der Waals surface area (Å²) in [6.07, 6.45) is 1.92. The molecule has 0 aliphatic carbocycles. The summed E-state index contributed by atoms with van der Waals surface area (Å²) in [5, 5.41) is 0.804. The SMILES string of the molecule is CSc1ncsc1C(=O)c1ccc(Br)cc1. The minimum absolute atomic E-state index is 0.0411. The van der Waals surface area contributed by atoms with Crippen molar-refractivity contribution in [2.45, 2.75) is 5.03 Å². The van der Waals surface area contributed by atoms with Crippen molar-refractivity contribution < 1.29 is 4.79 Å². The Kier molecular flexibility index (Phi) is 3.78. The largest absolute Gasteiger partial charge is 0.288 e. The lowest BCUT2D eigenvalue weighted by Gasteiger charge is -2.00. The average molecular weight is 314 g/mol. The first-order valence-electron chi connectivity index (χ1n) is 4.50. The molecule has 0 radical (unpaired) electrons. The van der Waals surface area contributed by atoms with Crippen LogP contribution >= 0.6 is 39.0 Å². The number of rotatable bonds is 3. The van der Waals surface area contributed by atoms with Gasteiger partial charge in [-0.3, -0.25) is 4.79 Å². The van der Waals surface area contributed by atoms with Crippen molar-refractivity contribution in [2.24, 2.45) is 0 Å². The molecule has 0 unspecified atom stereocenters. The lowest BCUT2D eigenvalue weighted by atomic mass is 10.1. The maximum absolute atomic E-state index is 12.1. The predicted molar refractivity (Wildman–Crippen MR) is 71.5 cm³/mol. The fraction of sp³-hybridized carbons (Fsp3) is 0.0909. The van der Waals surface area contributed by atoms with E-state index in [1.807, 2.05) is 30.5 Å². The number of hydrogen-bond donors (Lipinski definition) is 0. The van der Waals surface area contributed by atoms with Crippen LogP contribution in [0.15, 0.2) is 39.3 Å². The molecular formula is C11H8BrNOS2. The maximum Gasteiger partial charge on any atom is 0.205 e. The Bertz CT molecular complexity index is 507. The van der Waals surface area contributed by atoms with Gasteiger partial charge in [0.1, 0.15) is 9.90 Å². The molecule has 0 saturated heterocycles. The molecule has 0 bridgehead atoms. The molecule has 5 heteroatoms. The van der Waals surface area contributed by atoms with Crippen molar-refractivity contribution in [3.8, 4) is 0 Å². The number of nitrogens with zero attached hydrogens (tertiary/aromatic N) is 1. The number of thiazole rings is 1. The fourth-order valence-corrected chi connectivity index (χ4v) is 3.07. The fourth-order valence-electron chi connectivity index (χ4n) is 1.26. The third-order valence-electron chi connectivity index (χ3n) is 2.04. The van der Waals surface area contributed by atoms with Gasteiger partial charge in [-0.25, -0.2) is 4.98 Å². The second-order valence-electron chi connectivity index (χ2n) is 3.03. The summed E-state index contributed by atoms with van der Waals surface area (Å²) >= 11 is 6.23. The lowest BCUT2D eigenvalue weighted by Crippen LogP contribution is -1.99. The molecule has 0 aliphatic heterocycles. The van der Waals surface area contributed by atoms with Gasteiger partial charge in [-0.15, -0.1) is 23.1 Å². The van der Waals surface area contributed by atoms with Crippen LogP contribution < -0.4 is 0 Å². The van der Waals surface area contributed by atoms with Crippen molar-refractivity contribution in [3.63, 3.8) is 0 Å². The Morgan fingerprint density at radius 2 is 2.06 bits per heavy atom. The molecule has 1 aromatic carbocycles. The number of hydrogen-bond acceptors (Lipinski definition) is 4. The standard InChI is InChI=1S/C11H8BrNOS2/c1-15-11-10(16-6-13-11)9(14)7-2-4-8(12)5-3-7/h2-6H,1H3. The smallest absolute Gasteiger partial charge is 0.205 e. The number of carbonyl (C=O) groups is 1. The Morgan fingerprint density at radius 3 is 2.69 bits per heavy atom. The van der Waals surface area contributed by atoms with E-state index in [9.17, 15) is 4.79 Å². The molecule has 82 valence electrons. The van der Waals surface area contributed by atoms with E-state index in [4.69, 9.17) is 0 Å². The zero-order valence-electron chi connectivity index (χ0n) is 8.44. The molecule has 2 rings (SSSR count). The topological polar surface area (TPSA) is 30.0 Å². The highest BCUT2D eigenvalue weighted by Crippen LogP contribution is 2.25. The molecule has 1 aromatic heterocycles. The van der Waals surface area contributed by atoms with Crippen LogP contribution in [0, 0.1) is 0 Å². The van der Waals surface area contributed by atoms with Crippen LogP contribution in [0.1, 0.15) is 15.2 Å². The van der Waals surface area contributed by atoms with Crippen LogP contribution in [-0.4, -0.2) is 17.0 Å². The molecule has 0 fully saturated rings. The van der Waals surface area contributed by atoms with Crippen molar-refractivity contribution >= 4 is 44.8 Å². The molecule has 0 amide bonds. The highest BCUT2D eigenvalue weighted by molar-refractivity contribution is 9.10. The van der Waals surface area contributed by atoms with Gasteiger partial charge in [-0.2, -0.15) is 0 Å². The van der Waals surface area contributed by atoms with E-state index in [-0.39, 0.29) is 5.78 Å². The Hall–Kier alpha value is -0.650. The highest BCUT2D eigenvalue weighted by Gasteiger charge is 2.15. The zero-order valence-corrected chi connectivity index (χ0v) is 11.7. The highest BCUT2D eigenvalue weighted by atomic mass is 79.9. The van der Waals surface area contributed by atoms with Crippen LogP contribution in [-0.2, 0) is 0 Å². The normalized spacial score (nSPS) is 10.4. The third kappa shape index (κ3) is 2.36. The van der Waals surface area contributed by atoms with Gasteiger partial charge in [0.2, 0.25) is 5.78 Å². The van der Waals surface area contributed by atoms with Gasteiger partial charge in [0.05, 0.1) is 5.51 Å². The van der Waals surface area contributed by atoms with Gasteiger partial charge in [0.25, 0.3) is 0 Å². The average Bonchev–Trinajstić information content (AvgIpc) is 2.77. The molecule has 0 aliphatic rings. The molecule has 16 heavy (non-hydrogen) atoms. The summed E-state index contributed by atoms with van der Waals surface area (Å²) in [7, 11) is 0. The van der Waals surface area contributed by atoms with E-state index in [2.05, 4.69) is 20.9 Å². The van der Waals surface area contributed by atoms with Gasteiger partial charge in [0.15, 0.2) is 0 Å². The van der Waals surface area contributed by atoms with Crippen LogP contribution in [0.2, 0.25) is 0 Å². The Morgan fingerprint density at radius 1 is 1.38 bits per heavy atom. The number of halogens is 1. The van der Waals surface area contributed by atoms with Crippen molar-refractivity contribution in [1.29, 1.82) is 0 Å². The maximum atomic E-state index is 12.1. The first kappa shape index (κ1) is 11.8. The molecule has 2 nitrogen and oxygen atoms in total. The van der Waals surface area contributed by atoms with Crippen LogP contribution in [0.25, 0.3) is 0 Å². The van der Waals surface area contributed by atoms with E-state index in [0.717, 1.165) is 14.4 Å². The number of carbonyl (C=O) groups excluding carboxylic acids is 1. The Labute approximate surface area is 110 Å². The molecular weight excluding hydrogens is 306 g/mol. The second-order valence-corrected chi connectivity index (χ2v) is 5.59. The number of aromatic nitrogens is 1. The molecule has 1 heterocycles. The molecule has 0 N–H and O–H groups in total. The van der Waals surface area contributed by atoms with E-state index >= 15 is 0 Å². The molecule has 2 aromatic rings. The second kappa shape index (κ2) is 5.12. The number of ketones is 1. The van der Waals surface area contributed by atoms with Gasteiger partial charge in [-0.05, 0) is 30.5 Å². The first-order chi connectivity index (χ1) is 7.72. The van der Waals surface area contributed by atoms with E-state index in [1.165, 1.54) is 23.1 Å². The minimum Gasteiger partial charge on any atom is -0.288 e. The van der Waals surface area contributed by atoms with Gasteiger partial charge >= 0.3 is 0 Å².